The quantitative estimate of drug-likeness (QED) is 0.530. The number of aliphatic hydroxyl groups excluding tert-OH is 1. The number of fused-ring (bicyclic) bond motifs is 1. The molecule has 2 aromatic heterocycles. The van der Waals surface area contributed by atoms with Crippen LogP contribution in [0.15, 0.2) is 12.5 Å². The number of anilines is 1. The molecule has 1 aliphatic rings. The molecule has 128 valence electrons. The number of ether oxygens (including phenoxy) is 1. The molecule has 0 spiro atoms. The highest BCUT2D eigenvalue weighted by Crippen LogP contribution is 2.39. The van der Waals surface area contributed by atoms with E-state index in [1.54, 1.807) is 0 Å². The van der Waals surface area contributed by atoms with Gasteiger partial charge >= 0.3 is 7.82 Å². The SMILES string of the molecule is N#Cc1cn([C@@H]2O[C@H](COP(=O)(O)O)C[C@H]2O)c2ncnc(N)c12. The molecule has 2 aromatic rings. The summed E-state index contributed by atoms with van der Waals surface area (Å²) >= 11 is 0. The van der Waals surface area contributed by atoms with Crippen molar-refractivity contribution in [1.29, 1.82) is 5.26 Å². The summed E-state index contributed by atoms with van der Waals surface area (Å²) in [6.45, 7) is -0.376. The van der Waals surface area contributed by atoms with Gasteiger partial charge in [0.25, 0.3) is 0 Å². The second kappa shape index (κ2) is 6.10. The van der Waals surface area contributed by atoms with Crippen LogP contribution >= 0.6 is 7.82 Å². The van der Waals surface area contributed by atoms with Crippen LogP contribution in [0.5, 0.6) is 0 Å². The summed E-state index contributed by atoms with van der Waals surface area (Å²) in [5.74, 6) is 0.129. The zero-order valence-corrected chi connectivity index (χ0v) is 13.1. The number of nitriles is 1. The Morgan fingerprint density at radius 2 is 2.29 bits per heavy atom. The van der Waals surface area contributed by atoms with Crippen molar-refractivity contribution in [3.63, 3.8) is 0 Å². The second-order valence-electron chi connectivity index (χ2n) is 5.26. The lowest BCUT2D eigenvalue weighted by molar-refractivity contribution is -0.0479. The molecular weight excluding hydrogens is 341 g/mol. The van der Waals surface area contributed by atoms with Crippen molar-refractivity contribution in [1.82, 2.24) is 14.5 Å². The Kier molecular flexibility index (Phi) is 4.27. The van der Waals surface area contributed by atoms with Crippen LogP contribution < -0.4 is 5.73 Å². The lowest BCUT2D eigenvalue weighted by Crippen LogP contribution is -2.19. The largest absolute Gasteiger partial charge is 0.469 e. The van der Waals surface area contributed by atoms with Crippen molar-refractivity contribution in [2.75, 3.05) is 12.3 Å². The van der Waals surface area contributed by atoms with Gasteiger partial charge < -0.3 is 29.9 Å². The number of hydrogen-bond acceptors (Lipinski definition) is 8. The monoisotopic (exact) mass is 355 g/mol. The van der Waals surface area contributed by atoms with Gasteiger partial charge in [0.1, 0.15) is 30.0 Å². The van der Waals surface area contributed by atoms with Gasteiger partial charge in [-0.1, -0.05) is 0 Å². The average molecular weight is 355 g/mol. The van der Waals surface area contributed by atoms with Gasteiger partial charge in [-0.05, 0) is 0 Å². The molecule has 0 saturated carbocycles. The zero-order valence-electron chi connectivity index (χ0n) is 12.2. The number of hydrogen-bond donors (Lipinski definition) is 4. The van der Waals surface area contributed by atoms with Crippen LogP contribution in [0.3, 0.4) is 0 Å². The molecule has 3 rings (SSSR count). The first kappa shape index (κ1) is 16.8. The van der Waals surface area contributed by atoms with E-state index < -0.39 is 26.3 Å². The standard InChI is InChI=1S/C12H14N5O6P/c13-2-6-3-17(11-9(6)10(14)15-5-16-11)12-8(18)1-7(23-12)4-22-24(19,20)21/h3,5,7-8,12,18H,1,4H2,(H2,14,15,16)(H2,19,20,21)/t7-,8+,12+/m0/s1. The summed E-state index contributed by atoms with van der Waals surface area (Å²) in [7, 11) is -4.62. The summed E-state index contributed by atoms with van der Waals surface area (Å²) in [5.41, 5.74) is 6.33. The molecule has 24 heavy (non-hydrogen) atoms. The van der Waals surface area contributed by atoms with E-state index in [1.165, 1.54) is 17.1 Å². The first-order valence-electron chi connectivity index (χ1n) is 6.85. The number of aromatic nitrogens is 3. The van der Waals surface area contributed by atoms with Crippen LogP contribution in [0.2, 0.25) is 0 Å². The Morgan fingerprint density at radius 3 is 2.96 bits per heavy atom. The molecule has 5 N–H and O–H groups in total. The van der Waals surface area contributed by atoms with E-state index in [1.807, 2.05) is 6.07 Å². The fourth-order valence-corrected chi connectivity index (χ4v) is 3.02. The normalized spacial score (nSPS) is 24.3. The van der Waals surface area contributed by atoms with E-state index in [4.69, 9.17) is 20.3 Å². The Morgan fingerprint density at radius 1 is 1.54 bits per heavy atom. The van der Waals surface area contributed by atoms with Crippen molar-refractivity contribution in [2.24, 2.45) is 0 Å². The maximum absolute atomic E-state index is 10.8. The van der Waals surface area contributed by atoms with Gasteiger partial charge in [0, 0.05) is 12.6 Å². The lowest BCUT2D eigenvalue weighted by atomic mass is 10.2. The summed E-state index contributed by atoms with van der Waals surface area (Å²) in [6.07, 6.45) is 0.177. The molecule has 0 aliphatic carbocycles. The topological polar surface area (TPSA) is 177 Å². The zero-order chi connectivity index (χ0) is 17.5. The number of nitrogen functional groups attached to an aromatic ring is 1. The fraction of sp³-hybridized carbons (Fsp3) is 0.417. The van der Waals surface area contributed by atoms with Crippen molar-refractivity contribution < 1.29 is 28.7 Å². The molecule has 1 saturated heterocycles. The maximum atomic E-state index is 10.8. The highest BCUT2D eigenvalue weighted by Gasteiger charge is 2.37. The summed E-state index contributed by atoms with van der Waals surface area (Å²) in [6, 6.07) is 1.98. The predicted molar refractivity (Wildman–Crippen MR) is 79.2 cm³/mol. The first-order chi connectivity index (χ1) is 11.3. The molecule has 0 unspecified atom stereocenters. The van der Waals surface area contributed by atoms with E-state index in [0.717, 1.165) is 0 Å². The predicted octanol–water partition coefficient (Wildman–Crippen LogP) is -0.357. The van der Waals surface area contributed by atoms with Crippen LogP contribution in [0, 0.1) is 11.3 Å². The third-order valence-corrected chi connectivity index (χ3v) is 4.11. The van der Waals surface area contributed by atoms with E-state index in [0.29, 0.717) is 11.0 Å². The third kappa shape index (κ3) is 3.11. The van der Waals surface area contributed by atoms with Crippen molar-refractivity contribution in [2.45, 2.75) is 24.9 Å². The van der Waals surface area contributed by atoms with Gasteiger partial charge in [0.05, 0.1) is 23.7 Å². The Labute approximate surface area is 135 Å². The lowest BCUT2D eigenvalue weighted by Gasteiger charge is -2.17. The second-order valence-corrected chi connectivity index (χ2v) is 6.50. The minimum Gasteiger partial charge on any atom is -0.388 e. The van der Waals surface area contributed by atoms with Gasteiger partial charge in [-0.25, -0.2) is 14.5 Å². The maximum Gasteiger partial charge on any atom is 0.469 e. The number of rotatable bonds is 4. The van der Waals surface area contributed by atoms with E-state index in [2.05, 4.69) is 14.5 Å². The molecule has 0 aromatic carbocycles. The van der Waals surface area contributed by atoms with Crippen LogP contribution in [0.1, 0.15) is 18.2 Å². The molecular formula is C12H14N5O6P. The number of aliphatic hydroxyl groups is 1. The van der Waals surface area contributed by atoms with E-state index in [9.17, 15) is 14.9 Å². The smallest absolute Gasteiger partial charge is 0.388 e. The molecule has 0 bridgehead atoms. The number of nitrogens with zero attached hydrogens (tertiary/aromatic N) is 4. The van der Waals surface area contributed by atoms with Crippen molar-refractivity contribution in [3.8, 4) is 6.07 Å². The van der Waals surface area contributed by atoms with Crippen LogP contribution in [0.25, 0.3) is 11.0 Å². The minimum absolute atomic E-state index is 0.104. The fourth-order valence-electron chi connectivity index (χ4n) is 2.65. The van der Waals surface area contributed by atoms with Gasteiger partial charge in [-0.15, -0.1) is 0 Å². The summed E-state index contributed by atoms with van der Waals surface area (Å²) < 4.78 is 22.2. The summed E-state index contributed by atoms with van der Waals surface area (Å²) in [5, 5.41) is 19.8. The van der Waals surface area contributed by atoms with Crippen molar-refractivity contribution >= 4 is 24.7 Å². The summed E-state index contributed by atoms with van der Waals surface area (Å²) in [4.78, 5) is 25.4. The third-order valence-electron chi connectivity index (χ3n) is 3.63. The van der Waals surface area contributed by atoms with Gasteiger partial charge in [0.2, 0.25) is 0 Å². The first-order valence-corrected chi connectivity index (χ1v) is 8.38. The van der Waals surface area contributed by atoms with Gasteiger partial charge in [-0.2, -0.15) is 5.26 Å². The molecule has 1 aliphatic heterocycles. The molecule has 12 heteroatoms. The molecule has 0 amide bonds. The number of phosphoric ester groups is 1. The Hall–Kier alpha value is -2.06. The Bertz CT molecular complexity index is 857. The molecule has 11 nitrogen and oxygen atoms in total. The number of nitrogens with two attached hydrogens (primary N) is 1. The molecule has 0 radical (unpaired) electrons. The minimum atomic E-state index is -4.62. The van der Waals surface area contributed by atoms with Crippen molar-refractivity contribution in [3.05, 3.63) is 18.1 Å². The van der Waals surface area contributed by atoms with E-state index in [-0.39, 0.29) is 24.4 Å². The highest BCUT2D eigenvalue weighted by atomic mass is 31.2. The van der Waals surface area contributed by atoms with E-state index >= 15 is 0 Å². The number of phosphoric acid groups is 1. The average Bonchev–Trinajstić information content (AvgIpc) is 3.05. The molecule has 1 fully saturated rings. The molecule has 3 heterocycles. The van der Waals surface area contributed by atoms with Gasteiger partial charge in [0.15, 0.2) is 6.23 Å². The van der Waals surface area contributed by atoms with Crippen LogP contribution in [-0.4, -0.2) is 48.2 Å². The Balaban J connectivity index is 1.90. The van der Waals surface area contributed by atoms with Gasteiger partial charge in [-0.3, -0.25) is 4.52 Å². The van der Waals surface area contributed by atoms with Crippen LogP contribution in [0.4, 0.5) is 5.82 Å². The highest BCUT2D eigenvalue weighted by molar-refractivity contribution is 7.46. The van der Waals surface area contributed by atoms with Crippen LogP contribution in [-0.2, 0) is 13.8 Å². The molecule has 3 atom stereocenters.